The van der Waals surface area contributed by atoms with Gasteiger partial charge in [0.1, 0.15) is 24.9 Å². The van der Waals surface area contributed by atoms with Gasteiger partial charge in [0, 0.05) is 12.8 Å². The van der Waals surface area contributed by atoms with Gasteiger partial charge in [-0.05, 0) is 64.2 Å². The van der Waals surface area contributed by atoms with E-state index in [-0.39, 0.29) is 19.4 Å². The summed E-state index contributed by atoms with van der Waals surface area (Å²) in [7, 11) is 0. The number of esters is 2. The summed E-state index contributed by atoms with van der Waals surface area (Å²) < 4.78 is 21.7. The van der Waals surface area contributed by atoms with E-state index in [1.807, 2.05) is 0 Å². The molecule has 1 heterocycles. The van der Waals surface area contributed by atoms with Crippen LogP contribution in [-0.4, -0.2) is 88.4 Å². The van der Waals surface area contributed by atoms with Gasteiger partial charge in [-0.1, -0.05) is 147 Å². The second kappa shape index (κ2) is 36.5. The number of aliphatic hydroxyl groups is 3. The Kier molecular flexibility index (Phi) is 33.6. The van der Waals surface area contributed by atoms with Crippen LogP contribution in [0.5, 0.6) is 0 Å². The zero-order valence-electron chi connectivity index (χ0n) is 35.6. The number of hydrogen-bond donors (Lipinski definition) is 4. The van der Waals surface area contributed by atoms with Gasteiger partial charge in [0.05, 0.1) is 6.61 Å². The smallest absolute Gasteiger partial charge is 0.335 e. The third-order valence-electron chi connectivity index (χ3n) is 10.2. The topological polar surface area (TPSA) is 169 Å². The van der Waals surface area contributed by atoms with Crippen molar-refractivity contribution in [1.82, 2.24) is 0 Å². The average molecular weight is 809 g/mol. The van der Waals surface area contributed by atoms with Crippen LogP contribution in [0.1, 0.15) is 187 Å². The fourth-order valence-electron chi connectivity index (χ4n) is 6.62. The lowest BCUT2D eigenvalue weighted by Gasteiger charge is -2.38. The van der Waals surface area contributed by atoms with Crippen molar-refractivity contribution in [2.75, 3.05) is 13.2 Å². The van der Waals surface area contributed by atoms with Crippen molar-refractivity contribution in [3.05, 3.63) is 36.5 Å². The normalized spacial score (nSPS) is 20.5. The predicted molar refractivity (Wildman–Crippen MR) is 225 cm³/mol. The fourth-order valence-corrected chi connectivity index (χ4v) is 6.62. The number of aliphatic hydroxyl groups excluding tert-OH is 3. The third kappa shape index (κ3) is 28.5. The van der Waals surface area contributed by atoms with Gasteiger partial charge in [-0.15, -0.1) is 0 Å². The summed E-state index contributed by atoms with van der Waals surface area (Å²) in [5.74, 6) is -2.47. The SMILES string of the molecule is CCC/C=C\C/C=C\CCCCCCCC(=O)OCC(COC1OC(C(=O)O)C(O)C(O)C1O)OC(=O)CCCCCCCCC/C=C\CCCCCCCCC. The Labute approximate surface area is 344 Å². The molecule has 1 aliphatic rings. The van der Waals surface area contributed by atoms with Crippen molar-refractivity contribution < 1.29 is 53.8 Å². The van der Waals surface area contributed by atoms with Crippen molar-refractivity contribution in [3.8, 4) is 0 Å². The number of unbranched alkanes of at least 4 members (excludes halogenated alkanes) is 20. The van der Waals surface area contributed by atoms with E-state index in [0.29, 0.717) is 12.8 Å². The maximum atomic E-state index is 12.8. The number of allylic oxidation sites excluding steroid dienone is 6. The van der Waals surface area contributed by atoms with Gasteiger partial charge in [-0.25, -0.2) is 4.79 Å². The van der Waals surface area contributed by atoms with E-state index in [9.17, 15) is 34.8 Å². The molecule has 11 nitrogen and oxygen atoms in total. The molecule has 0 saturated carbocycles. The summed E-state index contributed by atoms with van der Waals surface area (Å²) in [4.78, 5) is 36.8. The van der Waals surface area contributed by atoms with Crippen LogP contribution in [0.2, 0.25) is 0 Å². The maximum Gasteiger partial charge on any atom is 0.335 e. The fraction of sp³-hybridized carbons (Fsp3) is 0.804. The van der Waals surface area contributed by atoms with E-state index in [4.69, 9.17) is 18.9 Å². The van der Waals surface area contributed by atoms with Crippen LogP contribution in [0, 0.1) is 0 Å². The molecule has 0 aromatic heterocycles. The number of carboxylic acid groups (broad SMARTS) is 1. The summed E-state index contributed by atoms with van der Waals surface area (Å²) in [5, 5.41) is 39.8. The molecule has 0 spiro atoms. The zero-order valence-corrected chi connectivity index (χ0v) is 35.6. The molecule has 11 heteroatoms. The summed E-state index contributed by atoms with van der Waals surface area (Å²) in [6.45, 7) is 3.73. The Morgan fingerprint density at radius 2 is 1.02 bits per heavy atom. The number of carboxylic acids is 1. The average Bonchev–Trinajstić information content (AvgIpc) is 3.19. The van der Waals surface area contributed by atoms with Crippen LogP contribution in [0.15, 0.2) is 36.5 Å². The molecule has 1 fully saturated rings. The van der Waals surface area contributed by atoms with E-state index in [2.05, 4.69) is 50.3 Å². The molecule has 0 bridgehead atoms. The van der Waals surface area contributed by atoms with Crippen LogP contribution in [0.4, 0.5) is 0 Å². The Hall–Kier alpha value is -2.57. The molecule has 57 heavy (non-hydrogen) atoms. The number of hydrogen-bond acceptors (Lipinski definition) is 10. The Balaban J connectivity index is 2.37. The minimum atomic E-state index is -1.86. The molecular weight excluding hydrogens is 728 g/mol. The molecule has 1 aliphatic heterocycles. The van der Waals surface area contributed by atoms with E-state index >= 15 is 0 Å². The number of rotatable bonds is 37. The monoisotopic (exact) mass is 809 g/mol. The van der Waals surface area contributed by atoms with Crippen LogP contribution < -0.4 is 0 Å². The van der Waals surface area contributed by atoms with Gasteiger partial charge < -0.3 is 39.4 Å². The third-order valence-corrected chi connectivity index (χ3v) is 10.2. The molecular formula is C46H80O11. The van der Waals surface area contributed by atoms with Gasteiger partial charge in [-0.3, -0.25) is 9.59 Å². The molecule has 0 radical (unpaired) electrons. The quantitative estimate of drug-likeness (QED) is 0.0268. The standard InChI is InChI=1S/C46H80O11/c1-3-5-7-9-11-13-15-17-18-19-20-21-23-25-27-29-31-33-35-40(48)56-38(37-55-46-43(51)41(49)42(50)44(57-46)45(52)53)36-54-39(47)34-32-30-28-26-24-22-16-14-12-10-8-6-4-2/h8,10,14,16,18-19,38,41-44,46,49-51H,3-7,9,11-13,15,17,20-37H2,1-2H3,(H,52,53)/b10-8-,16-14-,19-18-. The first-order chi connectivity index (χ1) is 27.7. The minimum absolute atomic E-state index is 0.175. The van der Waals surface area contributed by atoms with Gasteiger partial charge in [0.25, 0.3) is 0 Å². The molecule has 0 aromatic rings. The number of ether oxygens (including phenoxy) is 4. The van der Waals surface area contributed by atoms with E-state index in [1.54, 1.807) is 0 Å². The highest BCUT2D eigenvalue weighted by molar-refractivity contribution is 5.73. The van der Waals surface area contributed by atoms with Crippen molar-refractivity contribution >= 4 is 17.9 Å². The van der Waals surface area contributed by atoms with Gasteiger partial charge in [0.15, 0.2) is 18.5 Å². The van der Waals surface area contributed by atoms with Crippen LogP contribution in [0.25, 0.3) is 0 Å². The molecule has 4 N–H and O–H groups in total. The highest BCUT2D eigenvalue weighted by Crippen LogP contribution is 2.23. The molecule has 1 saturated heterocycles. The van der Waals surface area contributed by atoms with Crippen LogP contribution in [-0.2, 0) is 33.3 Å². The Bertz CT molecular complexity index is 1090. The number of carbonyl (C=O) groups is 3. The second-order valence-electron chi connectivity index (χ2n) is 15.5. The Morgan fingerprint density at radius 1 is 0.544 bits per heavy atom. The van der Waals surface area contributed by atoms with Crippen molar-refractivity contribution in [2.45, 2.75) is 224 Å². The molecule has 1 rings (SSSR count). The van der Waals surface area contributed by atoms with E-state index < -0.39 is 61.3 Å². The highest BCUT2D eigenvalue weighted by Gasteiger charge is 2.47. The molecule has 6 unspecified atom stereocenters. The zero-order chi connectivity index (χ0) is 41.8. The number of aliphatic carboxylic acids is 1. The van der Waals surface area contributed by atoms with Crippen LogP contribution >= 0.6 is 0 Å². The first-order valence-corrected chi connectivity index (χ1v) is 22.5. The molecule has 0 aromatic carbocycles. The lowest BCUT2D eigenvalue weighted by molar-refractivity contribution is -0.298. The van der Waals surface area contributed by atoms with Crippen LogP contribution in [0.3, 0.4) is 0 Å². The Morgan fingerprint density at radius 3 is 1.54 bits per heavy atom. The summed E-state index contributed by atoms with van der Waals surface area (Å²) in [6.07, 6.45) is 32.0. The second-order valence-corrected chi connectivity index (χ2v) is 15.5. The molecule has 6 atom stereocenters. The molecule has 0 amide bonds. The first kappa shape index (κ1) is 52.4. The van der Waals surface area contributed by atoms with Crippen molar-refractivity contribution in [3.63, 3.8) is 0 Å². The van der Waals surface area contributed by atoms with Gasteiger partial charge in [-0.2, -0.15) is 0 Å². The summed E-state index contributed by atoms with van der Waals surface area (Å²) >= 11 is 0. The molecule has 0 aliphatic carbocycles. The maximum absolute atomic E-state index is 12.8. The highest BCUT2D eigenvalue weighted by atomic mass is 16.7. The molecule has 330 valence electrons. The summed E-state index contributed by atoms with van der Waals surface area (Å²) in [5.41, 5.74) is 0. The lowest BCUT2D eigenvalue weighted by atomic mass is 9.99. The minimum Gasteiger partial charge on any atom is -0.479 e. The largest absolute Gasteiger partial charge is 0.479 e. The number of carbonyl (C=O) groups excluding carboxylic acids is 2. The first-order valence-electron chi connectivity index (χ1n) is 22.5. The summed E-state index contributed by atoms with van der Waals surface area (Å²) in [6, 6.07) is 0. The van der Waals surface area contributed by atoms with Gasteiger partial charge in [0.2, 0.25) is 0 Å². The lowest BCUT2D eigenvalue weighted by Crippen LogP contribution is -2.60. The van der Waals surface area contributed by atoms with E-state index in [1.165, 1.54) is 77.0 Å². The van der Waals surface area contributed by atoms with Crippen molar-refractivity contribution in [1.29, 1.82) is 0 Å². The predicted octanol–water partition coefficient (Wildman–Crippen LogP) is 9.59. The van der Waals surface area contributed by atoms with Gasteiger partial charge >= 0.3 is 17.9 Å². The van der Waals surface area contributed by atoms with Crippen molar-refractivity contribution in [2.24, 2.45) is 0 Å². The van der Waals surface area contributed by atoms with E-state index in [0.717, 1.165) is 70.6 Å².